The average Bonchev–Trinajstić information content (AvgIpc) is 2.60. The van der Waals surface area contributed by atoms with Crippen molar-refractivity contribution in [1.82, 2.24) is 9.80 Å². The molecule has 0 spiro atoms. The van der Waals surface area contributed by atoms with Gasteiger partial charge in [-0.25, -0.2) is 0 Å². The van der Waals surface area contributed by atoms with Crippen LogP contribution in [0.3, 0.4) is 0 Å². The van der Waals surface area contributed by atoms with Crippen LogP contribution in [0.5, 0.6) is 0 Å². The number of rotatable bonds is 17. The summed E-state index contributed by atoms with van der Waals surface area (Å²) < 4.78 is 46.7. The van der Waals surface area contributed by atoms with Gasteiger partial charge in [-0.05, 0) is 41.8 Å². The quantitative estimate of drug-likeness (QED) is 0.308. The molecule has 0 fully saturated rings. The van der Waals surface area contributed by atoms with Crippen LogP contribution in [-0.4, -0.2) is 76.5 Å². The van der Waals surface area contributed by atoms with E-state index in [0.29, 0.717) is 63.2 Å². The zero-order chi connectivity index (χ0) is 21.8. The molecule has 0 rings (SSSR count). The molecule has 0 heterocycles. The Balaban J connectivity index is 4.63. The fourth-order valence-electron chi connectivity index (χ4n) is 2.42. The van der Waals surface area contributed by atoms with E-state index in [1.807, 2.05) is 23.9 Å². The third-order valence-corrected chi connectivity index (χ3v) is 7.96. The van der Waals surface area contributed by atoms with Crippen molar-refractivity contribution >= 4 is 15.2 Å². The van der Waals surface area contributed by atoms with E-state index < -0.39 is 15.2 Å². The molecule has 0 saturated carbocycles. The van der Waals surface area contributed by atoms with Gasteiger partial charge in [0.2, 0.25) is 0 Å². The summed E-state index contributed by atoms with van der Waals surface area (Å²) in [4.78, 5) is 3.97. The Morgan fingerprint density at radius 3 is 1.14 bits per heavy atom. The molecule has 0 unspecified atom stereocenters. The van der Waals surface area contributed by atoms with E-state index in [0.717, 1.165) is 0 Å². The minimum absolute atomic E-state index is 0.296. The molecule has 0 saturated heterocycles. The maximum atomic E-state index is 12.7. The fraction of sp³-hybridized carbons (Fsp3) is 0.778. The molecule has 0 N–H and O–H groups in total. The maximum Gasteiger partial charge on any atom is 0.358 e. The smallest absolute Gasteiger partial charge is 0.306 e. The van der Waals surface area contributed by atoms with Crippen LogP contribution in [0.25, 0.3) is 0 Å². The largest absolute Gasteiger partial charge is 0.358 e. The zero-order valence-electron chi connectivity index (χ0n) is 18.3. The van der Waals surface area contributed by atoms with Gasteiger partial charge in [-0.1, -0.05) is 13.2 Å². The van der Waals surface area contributed by atoms with Crippen LogP contribution in [0.1, 0.15) is 27.7 Å². The number of hydrogen-bond acceptors (Lipinski definition) is 8. The number of likely N-dealkylation sites (N-methyl/N-ethyl adjacent to an activating group) is 2. The molecule has 166 valence electrons. The van der Waals surface area contributed by atoms with Crippen LogP contribution in [0.2, 0.25) is 0 Å². The standard InChI is InChI=1S/C18H38N2O6P2/c1-9-23-27(21,24-10-2)17(5)15-19(7)13-14-20(8)16-18(6)28(22,25-11-3)26-12-4/h5-6,9-16H2,1-4,7-8H3. The first-order chi connectivity index (χ1) is 13.1. The molecule has 0 aromatic rings. The van der Waals surface area contributed by atoms with Crippen LogP contribution in [-0.2, 0) is 27.2 Å². The molecule has 0 aliphatic rings. The maximum absolute atomic E-state index is 12.7. The van der Waals surface area contributed by atoms with Gasteiger partial charge in [-0.15, -0.1) is 0 Å². The lowest BCUT2D eigenvalue weighted by Crippen LogP contribution is -2.33. The molecular formula is C18H38N2O6P2. The van der Waals surface area contributed by atoms with Gasteiger partial charge >= 0.3 is 15.2 Å². The Morgan fingerprint density at radius 1 is 0.679 bits per heavy atom. The minimum atomic E-state index is -3.31. The predicted octanol–water partition coefficient (Wildman–Crippen LogP) is 4.41. The molecule has 0 radical (unpaired) electrons. The van der Waals surface area contributed by atoms with Crippen molar-refractivity contribution < 1.29 is 27.2 Å². The molecule has 0 bridgehead atoms. The lowest BCUT2D eigenvalue weighted by Gasteiger charge is -2.27. The molecule has 0 aliphatic heterocycles. The summed E-state index contributed by atoms with van der Waals surface area (Å²) in [6.07, 6.45) is 0. The van der Waals surface area contributed by atoms with Crippen molar-refractivity contribution in [3.05, 3.63) is 23.8 Å². The van der Waals surface area contributed by atoms with Crippen LogP contribution < -0.4 is 0 Å². The van der Waals surface area contributed by atoms with Crippen molar-refractivity contribution in [2.45, 2.75) is 27.7 Å². The second-order valence-electron chi connectivity index (χ2n) is 6.27. The van der Waals surface area contributed by atoms with Crippen molar-refractivity contribution in [2.24, 2.45) is 0 Å². The SMILES string of the molecule is C=C(CN(C)CCN(C)CC(=C)P(=O)(OCC)OCC)P(=O)(OCC)OCC. The first kappa shape index (κ1) is 27.7. The third-order valence-electron chi connectivity index (χ3n) is 3.74. The Hall–Kier alpha value is -0.300. The number of nitrogens with zero attached hydrogens (tertiary/aromatic N) is 2. The van der Waals surface area contributed by atoms with Gasteiger partial charge in [0, 0.05) is 36.8 Å². The Labute approximate surface area is 170 Å². The zero-order valence-corrected chi connectivity index (χ0v) is 20.1. The van der Waals surface area contributed by atoms with Gasteiger partial charge in [-0.2, -0.15) is 0 Å². The van der Waals surface area contributed by atoms with Crippen molar-refractivity contribution in [3.63, 3.8) is 0 Å². The second-order valence-corrected chi connectivity index (χ2v) is 10.6. The van der Waals surface area contributed by atoms with E-state index in [2.05, 4.69) is 13.2 Å². The van der Waals surface area contributed by atoms with E-state index in [-0.39, 0.29) is 0 Å². The average molecular weight is 440 g/mol. The lowest BCUT2D eigenvalue weighted by atomic mass is 10.4. The summed E-state index contributed by atoms with van der Waals surface area (Å²) in [5.41, 5.74) is 0. The molecule has 0 amide bonds. The van der Waals surface area contributed by atoms with Gasteiger partial charge in [0.05, 0.1) is 26.4 Å². The van der Waals surface area contributed by atoms with Gasteiger partial charge in [0.25, 0.3) is 0 Å². The molecule has 0 atom stereocenters. The van der Waals surface area contributed by atoms with Crippen LogP contribution in [0, 0.1) is 0 Å². The Kier molecular flexibility index (Phi) is 13.7. The molecule has 0 aromatic carbocycles. The summed E-state index contributed by atoms with van der Waals surface area (Å²) in [5, 5.41) is 0.867. The van der Waals surface area contributed by atoms with Crippen LogP contribution in [0.15, 0.2) is 23.8 Å². The van der Waals surface area contributed by atoms with Crippen LogP contribution in [0.4, 0.5) is 0 Å². The van der Waals surface area contributed by atoms with Crippen molar-refractivity contribution in [1.29, 1.82) is 0 Å². The summed E-state index contributed by atoms with van der Waals surface area (Å²) >= 11 is 0. The van der Waals surface area contributed by atoms with Gasteiger partial charge in [0.1, 0.15) is 0 Å². The molecule has 0 aliphatic carbocycles. The molecule has 8 nitrogen and oxygen atoms in total. The van der Waals surface area contributed by atoms with Crippen molar-refractivity contribution in [2.75, 3.05) is 66.7 Å². The molecule has 28 heavy (non-hydrogen) atoms. The highest BCUT2D eigenvalue weighted by Crippen LogP contribution is 2.56. The molecule has 10 heteroatoms. The third kappa shape index (κ3) is 9.47. The van der Waals surface area contributed by atoms with Crippen LogP contribution >= 0.6 is 15.2 Å². The summed E-state index contributed by atoms with van der Waals surface area (Å²) in [7, 11) is -2.80. The van der Waals surface area contributed by atoms with Gasteiger partial charge in [-0.3, -0.25) is 9.13 Å². The summed E-state index contributed by atoms with van der Waals surface area (Å²) in [6.45, 7) is 18.2. The summed E-state index contributed by atoms with van der Waals surface area (Å²) in [5.74, 6) is 0. The predicted molar refractivity (Wildman–Crippen MR) is 115 cm³/mol. The second kappa shape index (κ2) is 13.8. The highest BCUT2D eigenvalue weighted by Gasteiger charge is 2.30. The first-order valence-corrected chi connectivity index (χ1v) is 12.7. The normalized spacial score (nSPS) is 12.7. The van der Waals surface area contributed by atoms with Crippen molar-refractivity contribution in [3.8, 4) is 0 Å². The van der Waals surface area contributed by atoms with Gasteiger partial charge < -0.3 is 27.9 Å². The summed E-state index contributed by atoms with van der Waals surface area (Å²) in [6, 6.07) is 0. The monoisotopic (exact) mass is 440 g/mol. The number of hydrogen-bond donors (Lipinski definition) is 0. The minimum Gasteiger partial charge on any atom is -0.306 e. The topological polar surface area (TPSA) is 77.5 Å². The fourth-order valence-corrected chi connectivity index (χ4v) is 5.48. The lowest BCUT2D eigenvalue weighted by molar-refractivity contribution is 0.218. The molecular weight excluding hydrogens is 402 g/mol. The van der Waals surface area contributed by atoms with E-state index in [4.69, 9.17) is 18.1 Å². The van der Waals surface area contributed by atoms with Gasteiger partial charge in [0.15, 0.2) is 0 Å². The molecule has 0 aromatic heterocycles. The van der Waals surface area contributed by atoms with E-state index in [1.165, 1.54) is 0 Å². The van der Waals surface area contributed by atoms with E-state index in [9.17, 15) is 9.13 Å². The Morgan fingerprint density at radius 2 is 0.929 bits per heavy atom. The first-order valence-electron chi connectivity index (χ1n) is 9.60. The van der Waals surface area contributed by atoms with E-state index in [1.54, 1.807) is 27.7 Å². The Bertz CT molecular complexity index is 514. The highest BCUT2D eigenvalue weighted by atomic mass is 31.2. The highest BCUT2D eigenvalue weighted by molar-refractivity contribution is 7.58. The van der Waals surface area contributed by atoms with E-state index >= 15 is 0 Å².